The Bertz CT molecular complexity index is 670. The van der Waals surface area contributed by atoms with Crippen molar-refractivity contribution in [3.05, 3.63) is 40.9 Å². The monoisotopic (exact) mass is 327 g/mol. The fraction of sp³-hybridized carbons (Fsp3) is 0.286. The Morgan fingerprint density at radius 2 is 2.14 bits per heavy atom. The summed E-state index contributed by atoms with van der Waals surface area (Å²) in [6.07, 6.45) is -4.47. The molecule has 1 aromatic carbocycles. The molecule has 2 aliphatic rings. The van der Waals surface area contributed by atoms with Crippen LogP contribution in [-0.4, -0.2) is 29.1 Å². The van der Waals surface area contributed by atoms with Gasteiger partial charge in [-0.25, -0.2) is 0 Å². The van der Waals surface area contributed by atoms with E-state index >= 15 is 0 Å². The number of amides is 1. The summed E-state index contributed by atoms with van der Waals surface area (Å²) in [6.45, 7) is 1.39. The number of fused-ring (bicyclic) bond motifs is 1. The molecule has 2 heterocycles. The first-order valence-corrected chi connectivity index (χ1v) is 7.47. The van der Waals surface area contributed by atoms with Crippen molar-refractivity contribution < 1.29 is 18.0 Å². The van der Waals surface area contributed by atoms with Crippen LogP contribution in [0.2, 0.25) is 0 Å². The molecule has 8 heteroatoms. The number of benzene rings is 1. The van der Waals surface area contributed by atoms with Gasteiger partial charge in [0.25, 0.3) is 0 Å². The highest BCUT2D eigenvalue weighted by molar-refractivity contribution is 8.16. The number of nitrogens with one attached hydrogen (secondary N) is 1. The van der Waals surface area contributed by atoms with E-state index in [1.807, 2.05) is 10.3 Å². The number of anilines is 1. The van der Waals surface area contributed by atoms with Gasteiger partial charge in [0.05, 0.1) is 24.2 Å². The number of nitrogens with zero attached hydrogens (tertiary/aromatic N) is 2. The lowest BCUT2D eigenvalue weighted by molar-refractivity contribution is -0.137. The Labute approximate surface area is 129 Å². The van der Waals surface area contributed by atoms with Crippen LogP contribution in [0, 0.1) is 0 Å². The summed E-state index contributed by atoms with van der Waals surface area (Å²) >= 11 is 1.43. The molecule has 0 radical (unpaired) electrons. The SMILES string of the molecule is O=C(CC1=CSC2=NCCN12)Nc1ccccc1C(F)(F)F. The second kappa shape index (κ2) is 5.68. The average molecular weight is 327 g/mol. The Hall–Kier alpha value is -1.96. The maximum atomic E-state index is 12.9. The maximum absolute atomic E-state index is 12.9. The van der Waals surface area contributed by atoms with Gasteiger partial charge in [0.1, 0.15) is 0 Å². The molecule has 4 nitrogen and oxygen atoms in total. The van der Waals surface area contributed by atoms with E-state index in [1.165, 1.54) is 30.0 Å². The molecule has 0 unspecified atom stereocenters. The van der Waals surface area contributed by atoms with Crippen LogP contribution in [-0.2, 0) is 11.0 Å². The molecular formula is C14H12F3N3OS. The van der Waals surface area contributed by atoms with Crippen LogP contribution in [0.1, 0.15) is 12.0 Å². The van der Waals surface area contributed by atoms with Crippen LogP contribution >= 0.6 is 11.8 Å². The highest BCUT2D eigenvalue weighted by Gasteiger charge is 2.34. The fourth-order valence-corrected chi connectivity index (χ4v) is 3.27. The zero-order valence-electron chi connectivity index (χ0n) is 11.4. The van der Waals surface area contributed by atoms with Crippen LogP contribution in [0.15, 0.2) is 40.4 Å². The summed E-state index contributed by atoms with van der Waals surface area (Å²) in [4.78, 5) is 18.2. The highest BCUT2D eigenvalue weighted by Crippen LogP contribution is 2.35. The van der Waals surface area contributed by atoms with E-state index in [-0.39, 0.29) is 12.1 Å². The van der Waals surface area contributed by atoms with Crippen molar-refractivity contribution >= 4 is 28.5 Å². The largest absolute Gasteiger partial charge is 0.418 e. The third-order valence-electron chi connectivity index (χ3n) is 3.30. The van der Waals surface area contributed by atoms with Crippen molar-refractivity contribution in [2.24, 2.45) is 4.99 Å². The number of carbonyl (C=O) groups excluding carboxylic acids is 1. The maximum Gasteiger partial charge on any atom is 0.418 e. The number of carbonyl (C=O) groups is 1. The first-order valence-electron chi connectivity index (χ1n) is 6.59. The predicted molar refractivity (Wildman–Crippen MR) is 79.4 cm³/mol. The van der Waals surface area contributed by atoms with Gasteiger partial charge in [0.15, 0.2) is 5.17 Å². The summed E-state index contributed by atoms with van der Waals surface area (Å²) < 4.78 is 38.7. The molecule has 0 spiro atoms. The smallest absolute Gasteiger partial charge is 0.325 e. The van der Waals surface area contributed by atoms with E-state index < -0.39 is 17.6 Å². The number of hydrogen-bond donors (Lipinski definition) is 1. The number of aliphatic imine (C=N–C) groups is 1. The van der Waals surface area contributed by atoms with Crippen LogP contribution < -0.4 is 5.32 Å². The van der Waals surface area contributed by atoms with Crippen molar-refractivity contribution in [2.75, 3.05) is 18.4 Å². The number of halogens is 3. The molecule has 0 aromatic heterocycles. The molecule has 2 aliphatic heterocycles. The van der Waals surface area contributed by atoms with E-state index in [2.05, 4.69) is 10.3 Å². The molecule has 1 amide bonds. The van der Waals surface area contributed by atoms with E-state index in [0.717, 1.165) is 16.9 Å². The Balaban J connectivity index is 1.69. The van der Waals surface area contributed by atoms with Crippen molar-refractivity contribution in [3.63, 3.8) is 0 Å². The predicted octanol–water partition coefficient (Wildman–Crippen LogP) is 3.29. The van der Waals surface area contributed by atoms with Gasteiger partial charge in [-0.2, -0.15) is 13.2 Å². The number of alkyl halides is 3. The van der Waals surface area contributed by atoms with Crippen LogP contribution in [0.3, 0.4) is 0 Å². The quantitative estimate of drug-likeness (QED) is 0.926. The van der Waals surface area contributed by atoms with Gasteiger partial charge < -0.3 is 10.2 Å². The number of para-hydroxylation sites is 1. The molecule has 22 heavy (non-hydrogen) atoms. The molecule has 0 bridgehead atoms. The van der Waals surface area contributed by atoms with Gasteiger partial charge in [-0.1, -0.05) is 23.9 Å². The third-order valence-corrected chi connectivity index (χ3v) is 4.25. The number of thioether (sulfide) groups is 1. The molecule has 0 atom stereocenters. The second-order valence-corrected chi connectivity index (χ2v) is 5.65. The van der Waals surface area contributed by atoms with E-state index in [9.17, 15) is 18.0 Å². The lowest BCUT2D eigenvalue weighted by atomic mass is 10.1. The summed E-state index contributed by atoms with van der Waals surface area (Å²) in [6, 6.07) is 4.95. The minimum Gasteiger partial charge on any atom is -0.325 e. The molecular weight excluding hydrogens is 315 g/mol. The lowest BCUT2D eigenvalue weighted by Gasteiger charge is -2.17. The molecule has 0 fully saturated rings. The molecule has 116 valence electrons. The lowest BCUT2D eigenvalue weighted by Crippen LogP contribution is -2.25. The van der Waals surface area contributed by atoms with Crippen LogP contribution in [0.5, 0.6) is 0 Å². The minimum absolute atomic E-state index is 0.0260. The minimum atomic E-state index is -4.50. The summed E-state index contributed by atoms with van der Waals surface area (Å²) in [5.74, 6) is -0.475. The van der Waals surface area contributed by atoms with Gasteiger partial charge in [-0.05, 0) is 17.5 Å². The van der Waals surface area contributed by atoms with Crippen molar-refractivity contribution in [1.29, 1.82) is 0 Å². The van der Waals surface area contributed by atoms with Gasteiger partial charge in [0, 0.05) is 12.2 Å². The third kappa shape index (κ3) is 2.96. The normalized spacial score (nSPS) is 17.1. The average Bonchev–Trinajstić information content (AvgIpc) is 3.03. The van der Waals surface area contributed by atoms with E-state index in [0.29, 0.717) is 13.1 Å². The molecule has 1 N–H and O–H groups in total. The standard InChI is InChI=1S/C14H12F3N3OS/c15-14(16,17)10-3-1-2-4-11(10)19-12(21)7-9-8-22-13-18-5-6-20(9)13/h1-4,8H,5-7H2,(H,19,21). The number of amidine groups is 1. The van der Waals surface area contributed by atoms with Gasteiger partial charge in [-0.15, -0.1) is 0 Å². The van der Waals surface area contributed by atoms with Crippen LogP contribution in [0.25, 0.3) is 0 Å². The van der Waals surface area contributed by atoms with Crippen molar-refractivity contribution in [2.45, 2.75) is 12.6 Å². The van der Waals surface area contributed by atoms with Gasteiger partial charge in [0.2, 0.25) is 5.91 Å². The topological polar surface area (TPSA) is 44.7 Å². The van der Waals surface area contributed by atoms with Crippen molar-refractivity contribution in [3.8, 4) is 0 Å². The zero-order chi connectivity index (χ0) is 15.7. The summed E-state index contributed by atoms with van der Waals surface area (Å²) in [7, 11) is 0. The van der Waals surface area contributed by atoms with Gasteiger partial charge in [-0.3, -0.25) is 9.79 Å². The highest BCUT2D eigenvalue weighted by atomic mass is 32.2. The molecule has 3 rings (SSSR count). The Morgan fingerprint density at radius 3 is 2.91 bits per heavy atom. The summed E-state index contributed by atoms with van der Waals surface area (Å²) in [5.41, 5.74) is -0.300. The first kappa shape index (κ1) is 15.0. The van der Waals surface area contributed by atoms with Gasteiger partial charge >= 0.3 is 6.18 Å². The molecule has 0 saturated carbocycles. The molecule has 1 aromatic rings. The number of rotatable bonds is 3. The molecule has 0 aliphatic carbocycles. The Kier molecular flexibility index (Phi) is 3.86. The molecule has 0 saturated heterocycles. The summed E-state index contributed by atoms with van der Waals surface area (Å²) in [5, 5.41) is 5.01. The number of hydrogen-bond acceptors (Lipinski definition) is 4. The van der Waals surface area contributed by atoms with Crippen molar-refractivity contribution in [1.82, 2.24) is 4.90 Å². The Morgan fingerprint density at radius 1 is 1.36 bits per heavy atom. The van der Waals surface area contributed by atoms with Crippen LogP contribution in [0.4, 0.5) is 18.9 Å². The first-order chi connectivity index (χ1) is 10.4. The zero-order valence-corrected chi connectivity index (χ0v) is 12.2. The van der Waals surface area contributed by atoms with E-state index in [1.54, 1.807) is 0 Å². The van der Waals surface area contributed by atoms with E-state index in [4.69, 9.17) is 0 Å². The fourth-order valence-electron chi connectivity index (χ4n) is 2.31. The second-order valence-electron chi connectivity index (χ2n) is 4.81.